The van der Waals surface area contributed by atoms with Crippen molar-refractivity contribution in [3.63, 3.8) is 0 Å². The monoisotopic (exact) mass is 228 g/mol. The van der Waals surface area contributed by atoms with Crippen molar-refractivity contribution < 1.29 is 4.79 Å². The second-order valence-electron chi connectivity index (χ2n) is 3.86. The molecule has 0 atom stereocenters. The van der Waals surface area contributed by atoms with E-state index in [4.69, 9.17) is 0 Å². The Morgan fingerprint density at radius 3 is 2.59 bits per heavy atom. The topological polar surface area (TPSA) is 33.2 Å². The zero-order valence-electron chi connectivity index (χ0n) is 10.2. The Hall–Kier alpha value is -1.90. The lowest BCUT2D eigenvalue weighted by molar-refractivity contribution is 0.112. The number of anilines is 1. The number of fused-ring (bicyclic) bond motifs is 1. The SMILES string of the molecule is CCN(CC)c1cccc2c(C=O)nccc12. The maximum absolute atomic E-state index is 11.0. The van der Waals surface area contributed by atoms with E-state index in [9.17, 15) is 4.79 Å². The molecule has 0 aliphatic carbocycles. The summed E-state index contributed by atoms with van der Waals surface area (Å²) >= 11 is 0. The number of benzene rings is 1. The highest BCUT2D eigenvalue weighted by Gasteiger charge is 2.08. The molecule has 1 heterocycles. The molecule has 1 aromatic heterocycles. The molecular weight excluding hydrogens is 212 g/mol. The molecule has 0 saturated carbocycles. The lowest BCUT2D eigenvalue weighted by Crippen LogP contribution is -2.22. The largest absolute Gasteiger partial charge is 0.372 e. The van der Waals surface area contributed by atoms with Gasteiger partial charge in [0.2, 0.25) is 0 Å². The van der Waals surface area contributed by atoms with Gasteiger partial charge in [0.15, 0.2) is 6.29 Å². The lowest BCUT2D eigenvalue weighted by Gasteiger charge is -2.22. The molecule has 3 heteroatoms. The van der Waals surface area contributed by atoms with Gasteiger partial charge in [0, 0.05) is 35.7 Å². The summed E-state index contributed by atoms with van der Waals surface area (Å²) in [6, 6.07) is 7.98. The molecule has 0 N–H and O–H groups in total. The van der Waals surface area contributed by atoms with Crippen molar-refractivity contribution in [2.24, 2.45) is 0 Å². The van der Waals surface area contributed by atoms with Crippen LogP contribution in [0, 0.1) is 0 Å². The van der Waals surface area contributed by atoms with Gasteiger partial charge >= 0.3 is 0 Å². The standard InChI is InChI=1S/C14H16N2O/c1-3-16(4-2)14-7-5-6-11-12(14)8-9-15-13(11)10-17/h5-10H,3-4H2,1-2H3. The van der Waals surface area contributed by atoms with Crippen LogP contribution in [-0.2, 0) is 0 Å². The summed E-state index contributed by atoms with van der Waals surface area (Å²) in [5, 5.41) is 2.01. The van der Waals surface area contributed by atoms with Crippen molar-refractivity contribution in [2.75, 3.05) is 18.0 Å². The highest BCUT2D eigenvalue weighted by molar-refractivity contribution is 6.02. The van der Waals surface area contributed by atoms with E-state index < -0.39 is 0 Å². The number of nitrogens with zero attached hydrogens (tertiary/aromatic N) is 2. The average Bonchev–Trinajstić information content (AvgIpc) is 2.39. The molecule has 0 bridgehead atoms. The summed E-state index contributed by atoms with van der Waals surface area (Å²) < 4.78 is 0. The van der Waals surface area contributed by atoms with E-state index in [1.54, 1.807) is 6.20 Å². The van der Waals surface area contributed by atoms with E-state index in [2.05, 4.69) is 29.8 Å². The van der Waals surface area contributed by atoms with Crippen LogP contribution in [0.25, 0.3) is 10.8 Å². The Labute approximate surface area is 101 Å². The number of carbonyl (C=O) groups excluding carboxylic acids is 1. The Balaban J connectivity index is 2.69. The number of hydrogen-bond donors (Lipinski definition) is 0. The van der Waals surface area contributed by atoms with Gasteiger partial charge in [0.1, 0.15) is 5.69 Å². The fourth-order valence-electron chi connectivity index (χ4n) is 2.15. The Kier molecular flexibility index (Phi) is 3.38. The van der Waals surface area contributed by atoms with Gasteiger partial charge in [0.05, 0.1) is 0 Å². The van der Waals surface area contributed by atoms with E-state index in [1.807, 2.05) is 18.2 Å². The highest BCUT2D eigenvalue weighted by Crippen LogP contribution is 2.27. The van der Waals surface area contributed by atoms with E-state index >= 15 is 0 Å². The Bertz CT molecular complexity index is 533. The van der Waals surface area contributed by atoms with Crippen LogP contribution in [0.5, 0.6) is 0 Å². The van der Waals surface area contributed by atoms with Crippen molar-refractivity contribution in [3.05, 3.63) is 36.2 Å². The van der Waals surface area contributed by atoms with Gasteiger partial charge in [-0.3, -0.25) is 9.78 Å². The summed E-state index contributed by atoms with van der Waals surface area (Å²) in [4.78, 5) is 17.3. The molecule has 0 aliphatic rings. The number of carbonyl (C=O) groups is 1. The molecule has 88 valence electrons. The molecule has 0 unspecified atom stereocenters. The fourth-order valence-corrected chi connectivity index (χ4v) is 2.15. The summed E-state index contributed by atoms with van der Waals surface area (Å²) in [7, 11) is 0. The van der Waals surface area contributed by atoms with Gasteiger partial charge in [-0.25, -0.2) is 0 Å². The molecule has 0 aliphatic heterocycles. The van der Waals surface area contributed by atoms with Crippen molar-refractivity contribution in [3.8, 4) is 0 Å². The van der Waals surface area contributed by atoms with Crippen LogP contribution >= 0.6 is 0 Å². The fraction of sp³-hybridized carbons (Fsp3) is 0.286. The number of aldehydes is 1. The van der Waals surface area contributed by atoms with Crippen LogP contribution in [0.1, 0.15) is 24.3 Å². The minimum Gasteiger partial charge on any atom is -0.372 e. The van der Waals surface area contributed by atoms with Crippen LogP contribution in [0.15, 0.2) is 30.5 Å². The summed E-state index contributed by atoms with van der Waals surface area (Å²) in [5.41, 5.74) is 1.68. The van der Waals surface area contributed by atoms with Crippen LogP contribution in [0.3, 0.4) is 0 Å². The predicted octanol–water partition coefficient (Wildman–Crippen LogP) is 2.89. The van der Waals surface area contributed by atoms with Gasteiger partial charge in [-0.05, 0) is 26.0 Å². The maximum Gasteiger partial charge on any atom is 0.169 e. The molecule has 0 spiro atoms. The van der Waals surface area contributed by atoms with Crippen molar-refractivity contribution in [2.45, 2.75) is 13.8 Å². The van der Waals surface area contributed by atoms with Crippen LogP contribution in [0.4, 0.5) is 5.69 Å². The van der Waals surface area contributed by atoms with Crippen molar-refractivity contribution in [1.82, 2.24) is 4.98 Å². The van der Waals surface area contributed by atoms with Gasteiger partial charge in [0.25, 0.3) is 0 Å². The smallest absolute Gasteiger partial charge is 0.169 e. The molecule has 0 fully saturated rings. The summed E-state index contributed by atoms with van der Waals surface area (Å²) in [5.74, 6) is 0. The van der Waals surface area contributed by atoms with Gasteiger partial charge < -0.3 is 4.90 Å². The molecule has 1 aromatic carbocycles. The first-order chi connectivity index (χ1) is 8.31. The predicted molar refractivity (Wildman–Crippen MR) is 70.7 cm³/mol. The number of rotatable bonds is 4. The second-order valence-corrected chi connectivity index (χ2v) is 3.86. The van der Waals surface area contributed by atoms with Gasteiger partial charge in [-0.1, -0.05) is 12.1 Å². The van der Waals surface area contributed by atoms with Gasteiger partial charge in [-0.15, -0.1) is 0 Å². The van der Waals surface area contributed by atoms with Crippen LogP contribution < -0.4 is 4.90 Å². The van der Waals surface area contributed by atoms with Crippen molar-refractivity contribution in [1.29, 1.82) is 0 Å². The lowest BCUT2D eigenvalue weighted by atomic mass is 10.1. The number of pyridine rings is 1. The van der Waals surface area contributed by atoms with E-state index in [1.165, 1.54) is 0 Å². The maximum atomic E-state index is 11.0. The minimum absolute atomic E-state index is 0.511. The normalized spacial score (nSPS) is 10.5. The molecule has 0 radical (unpaired) electrons. The number of aromatic nitrogens is 1. The van der Waals surface area contributed by atoms with Crippen molar-refractivity contribution >= 4 is 22.7 Å². The van der Waals surface area contributed by atoms with E-state index in [0.29, 0.717) is 5.69 Å². The molecule has 2 rings (SSSR count). The van der Waals surface area contributed by atoms with Crippen LogP contribution in [0.2, 0.25) is 0 Å². The third kappa shape index (κ3) is 2.00. The molecule has 2 aromatic rings. The average molecular weight is 228 g/mol. The Morgan fingerprint density at radius 2 is 1.94 bits per heavy atom. The zero-order valence-corrected chi connectivity index (χ0v) is 10.2. The summed E-state index contributed by atoms with van der Waals surface area (Å²) in [6.45, 7) is 6.16. The molecule has 0 amide bonds. The summed E-state index contributed by atoms with van der Waals surface area (Å²) in [6.07, 6.45) is 2.51. The zero-order chi connectivity index (χ0) is 12.3. The third-order valence-corrected chi connectivity index (χ3v) is 3.03. The molecular formula is C14H16N2O. The quantitative estimate of drug-likeness (QED) is 0.754. The minimum atomic E-state index is 0.511. The molecule has 17 heavy (non-hydrogen) atoms. The Morgan fingerprint density at radius 1 is 1.18 bits per heavy atom. The van der Waals surface area contributed by atoms with Crippen LogP contribution in [-0.4, -0.2) is 24.4 Å². The first kappa shape index (κ1) is 11.6. The molecule has 0 saturated heterocycles. The number of hydrogen-bond acceptors (Lipinski definition) is 3. The van der Waals surface area contributed by atoms with Gasteiger partial charge in [-0.2, -0.15) is 0 Å². The highest BCUT2D eigenvalue weighted by atomic mass is 16.1. The van der Waals surface area contributed by atoms with E-state index in [0.717, 1.165) is 35.8 Å². The van der Waals surface area contributed by atoms with E-state index in [-0.39, 0.29) is 0 Å². The first-order valence-corrected chi connectivity index (χ1v) is 5.89. The third-order valence-electron chi connectivity index (χ3n) is 3.03. The first-order valence-electron chi connectivity index (χ1n) is 5.89. The second kappa shape index (κ2) is 4.95. The molecule has 3 nitrogen and oxygen atoms in total.